The summed E-state index contributed by atoms with van der Waals surface area (Å²) in [5, 5.41) is 3.55. The van der Waals surface area contributed by atoms with Crippen molar-refractivity contribution in [3.05, 3.63) is 53.7 Å². The standard InChI is InChI=1S/C18H20N4OS/c1-3-15(17(23)20-11-13-8-6-12(2)7-9-13)24-18-21-14-5-4-10-19-16(14)22-18/h4-10,15H,3,11H2,1-2H3,(H,20,23)(H,19,21,22). The highest BCUT2D eigenvalue weighted by atomic mass is 32.2. The van der Waals surface area contributed by atoms with E-state index >= 15 is 0 Å². The number of hydrogen-bond donors (Lipinski definition) is 2. The fraction of sp³-hybridized carbons (Fsp3) is 0.278. The van der Waals surface area contributed by atoms with E-state index in [4.69, 9.17) is 0 Å². The zero-order chi connectivity index (χ0) is 16.9. The zero-order valence-electron chi connectivity index (χ0n) is 13.7. The van der Waals surface area contributed by atoms with Crippen molar-refractivity contribution in [2.24, 2.45) is 0 Å². The molecule has 1 amide bonds. The second-order valence-electron chi connectivity index (χ2n) is 5.63. The third-order valence-corrected chi connectivity index (χ3v) is 4.99. The van der Waals surface area contributed by atoms with Crippen molar-refractivity contribution < 1.29 is 4.79 Å². The van der Waals surface area contributed by atoms with Crippen LogP contribution in [0, 0.1) is 6.92 Å². The molecule has 1 unspecified atom stereocenters. The van der Waals surface area contributed by atoms with Crippen LogP contribution in [0.3, 0.4) is 0 Å². The maximum Gasteiger partial charge on any atom is 0.233 e. The summed E-state index contributed by atoms with van der Waals surface area (Å²) < 4.78 is 0. The average Bonchev–Trinajstić information content (AvgIpc) is 3.01. The smallest absolute Gasteiger partial charge is 0.233 e. The Hall–Kier alpha value is -2.34. The van der Waals surface area contributed by atoms with E-state index < -0.39 is 0 Å². The first-order valence-electron chi connectivity index (χ1n) is 7.96. The van der Waals surface area contributed by atoms with Gasteiger partial charge >= 0.3 is 0 Å². The van der Waals surface area contributed by atoms with Crippen LogP contribution in [0.5, 0.6) is 0 Å². The van der Waals surface area contributed by atoms with E-state index in [2.05, 4.69) is 32.4 Å². The maximum atomic E-state index is 12.4. The number of benzene rings is 1. The van der Waals surface area contributed by atoms with Gasteiger partial charge in [-0.3, -0.25) is 4.79 Å². The Balaban J connectivity index is 1.62. The summed E-state index contributed by atoms with van der Waals surface area (Å²) in [6.45, 7) is 4.59. The van der Waals surface area contributed by atoms with Gasteiger partial charge in [0.05, 0.1) is 10.8 Å². The molecule has 3 rings (SSSR count). The minimum atomic E-state index is -0.184. The number of pyridine rings is 1. The molecule has 0 saturated heterocycles. The summed E-state index contributed by atoms with van der Waals surface area (Å²) in [6, 6.07) is 12.0. The van der Waals surface area contributed by atoms with Crippen LogP contribution >= 0.6 is 11.8 Å². The molecule has 1 atom stereocenters. The summed E-state index contributed by atoms with van der Waals surface area (Å²) in [5.74, 6) is 0.0245. The summed E-state index contributed by atoms with van der Waals surface area (Å²) >= 11 is 1.44. The summed E-state index contributed by atoms with van der Waals surface area (Å²) in [7, 11) is 0. The molecular formula is C18H20N4OS. The van der Waals surface area contributed by atoms with E-state index in [0.29, 0.717) is 12.2 Å². The van der Waals surface area contributed by atoms with Crippen LogP contribution in [-0.2, 0) is 11.3 Å². The normalized spacial score (nSPS) is 12.2. The number of aromatic amines is 1. The topological polar surface area (TPSA) is 70.7 Å². The Morgan fingerprint density at radius 2 is 2.08 bits per heavy atom. The number of thioether (sulfide) groups is 1. The van der Waals surface area contributed by atoms with Crippen LogP contribution in [0.4, 0.5) is 0 Å². The molecule has 1 aromatic carbocycles. The van der Waals surface area contributed by atoms with Crippen molar-refractivity contribution in [1.29, 1.82) is 0 Å². The van der Waals surface area contributed by atoms with Gasteiger partial charge in [-0.1, -0.05) is 48.5 Å². The number of aryl methyl sites for hydroxylation is 1. The van der Waals surface area contributed by atoms with Gasteiger partial charge < -0.3 is 10.3 Å². The van der Waals surface area contributed by atoms with E-state index in [1.807, 2.05) is 38.1 Å². The number of carbonyl (C=O) groups is 1. The molecule has 2 N–H and O–H groups in total. The molecule has 3 aromatic rings. The zero-order valence-corrected chi connectivity index (χ0v) is 14.6. The first kappa shape index (κ1) is 16.5. The van der Waals surface area contributed by atoms with Crippen molar-refractivity contribution in [1.82, 2.24) is 20.3 Å². The van der Waals surface area contributed by atoms with Crippen molar-refractivity contribution in [2.75, 3.05) is 0 Å². The van der Waals surface area contributed by atoms with Crippen LogP contribution in [0.2, 0.25) is 0 Å². The lowest BCUT2D eigenvalue weighted by molar-refractivity contribution is -0.120. The van der Waals surface area contributed by atoms with Gasteiger partial charge in [-0.2, -0.15) is 0 Å². The average molecular weight is 340 g/mol. The van der Waals surface area contributed by atoms with Crippen molar-refractivity contribution in [2.45, 2.75) is 37.2 Å². The van der Waals surface area contributed by atoms with Crippen molar-refractivity contribution in [3.8, 4) is 0 Å². The van der Waals surface area contributed by atoms with E-state index in [-0.39, 0.29) is 11.2 Å². The van der Waals surface area contributed by atoms with Crippen LogP contribution in [-0.4, -0.2) is 26.1 Å². The highest BCUT2D eigenvalue weighted by Crippen LogP contribution is 2.24. The molecule has 0 aliphatic rings. The Labute approximate surface area is 145 Å². The Bertz CT molecular complexity index is 795. The quantitative estimate of drug-likeness (QED) is 0.674. The molecule has 0 spiro atoms. The van der Waals surface area contributed by atoms with E-state index in [9.17, 15) is 4.79 Å². The molecule has 24 heavy (non-hydrogen) atoms. The number of aromatic nitrogens is 3. The molecule has 0 fully saturated rings. The summed E-state index contributed by atoms with van der Waals surface area (Å²) in [4.78, 5) is 24.3. The van der Waals surface area contributed by atoms with E-state index in [1.165, 1.54) is 17.3 Å². The molecule has 6 heteroatoms. The van der Waals surface area contributed by atoms with Crippen molar-refractivity contribution >= 4 is 28.8 Å². The number of nitrogens with one attached hydrogen (secondary N) is 2. The van der Waals surface area contributed by atoms with E-state index in [0.717, 1.165) is 22.7 Å². The number of H-pyrrole nitrogens is 1. The number of carbonyl (C=O) groups excluding carboxylic acids is 1. The molecule has 0 aliphatic carbocycles. The molecule has 2 aromatic heterocycles. The molecule has 0 saturated carbocycles. The fourth-order valence-electron chi connectivity index (χ4n) is 2.34. The fourth-order valence-corrected chi connectivity index (χ4v) is 3.28. The number of amides is 1. The number of imidazole rings is 1. The second-order valence-corrected chi connectivity index (χ2v) is 6.83. The van der Waals surface area contributed by atoms with Crippen molar-refractivity contribution in [3.63, 3.8) is 0 Å². The highest BCUT2D eigenvalue weighted by molar-refractivity contribution is 8.00. The summed E-state index contributed by atoms with van der Waals surface area (Å²) in [6.07, 6.45) is 2.44. The molecule has 0 radical (unpaired) electrons. The largest absolute Gasteiger partial charge is 0.351 e. The third-order valence-electron chi connectivity index (χ3n) is 3.74. The Kier molecular flexibility index (Phi) is 5.15. The Morgan fingerprint density at radius 3 is 2.79 bits per heavy atom. The third kappa shape index (κ3) is 3.94. The minimum absolute atomic E-state index is 0.0245. The maximum absolute atomic E-state index is 12.4. The van der Waals surface area contributed by atoms with Gasteiger partial charge in [0.2, 0.25) is 5.91 Å². The molecule has 0 bridgehead atoms. The van der Waals surface area contributed by atoms with Gasteiger partial charge in [-0.25, -0.2) is 9.97 Å². The highest BCUT2D eigenvalue weighted by Gasteiger charge is 2.19. The summed E-state index contributed by atoms with van der Waals surface area (Å²) in [5.41, 5.74) is 3.87. The molecular weight excluding hydrogens is 320 g/mol. The first-order chi connectivity index (χ1) is 11.7. The predicted molar refractivity (Wildman–Crippen MR) is 96.9 cm³/mol. The minimum Gasteiger partial charge on any atom is -0.351 e. The second kappa shape index (κ2) is 7.49. The first-order valence-corrected chi connectivity index (χ1v) is 8.84. The molecule has 124 valence electrons. The number of hydrogen-bond acceptors (Lipinski definition) is 4. The molecule has 0 aliphatic heterocycles. The molecule has 2 heterocycles. The van der Waals surface area contributed by atoms with Gasteiger partial charge in [0.15, 0.2) is 10.8 Å². The Morgan fingerprint density at radius 1 is 1.29 bits per heavy atom. The lowest BCUT2D eigenvalue weighted by Crippen LogP contribution is -2.31. The van der Waals surface area contributed by atoms with E-state index in [1.54, 1.807) is 6.20 Å². The van der Waals surface area contributed by atoms with Gasteiger partial charge in [0, 0.05) is 12.7 Å². The monoisotopic (exact) mass is 340 g/mol. The van der Waals surface area contributed by atoms with Crippen LogP contribution in [0.1, 0.15) is 24.5 Å². The number of rotatable bonds is 6. The van der Waals surface area contributed by atoms with Crippen LogP contribution in [0.25, 0.3) is 11.2 Å². The predicted octanol–water partition coefficient (Wildman–Crippen LogP) is 3.45. The lowest BCUT2D eigenvalue weighted by atomic mass is 10.1. The van der Waals surface area contributed by atoms with Gasteiger partial charge in [-0.15, -0.1) is 0 Å². The van der Waals surface area contributed by atoms with Gasteiger partial charge in [-0.05, 0) is 31.0 Å². The van der Waals surface area contributed by atoms with Crippen LogP contribution in [0.15, 0.2) is 47.8 Å². The molecule has 5 nitrogen and oxygen atoms in total. The van der Waals surface area contributed by atoms with Gasteiger partial charge in [0.1, 0.15) is 0 Å². The van der Waals surface area contributed by atoms with Gasteiger partial charge in [0.25, 0.3) is 0 Å². The SMILES string of the molecule is CCC(Sc1nc2ncccc2[nH]1)C(=O)NCc1ccc(C)cc1. The van der Waals surface area contributed by atoms with Crippen LogP contribution < -0.4 is 5.32 Å². The number of fused-ring (bicyclic) bond motifs is 1. The number of nitrogens with zero attached hydrogens (tertiary/aromatic N) is 2. The lowest BCUT2D eigenvalue weighted by Gasteiger charge is -2.13.